The van der Waals surface area contributed by atoms with E-state index in [4.69, 9.17) is 5.26 Å². The smallest absolute Gasteiger partial charge is 0.274 e. The second-order valence-corrected chi connectivity index (χ2v) is 4.85. The number of carbonyl (C=O) groups is 1. The zero-order chi connectivity index (χ0) is 14.4. The minimum absolute atomic E-state index is 0.129. The fraction of sp³-hybridized carbons (Fsp3) is 0.571. The number of nitriles is 1. The molecule has 1 aliphatic carbocycles. The first-order valence-electron chi connectivity index (χ1n) is 7.00. The van der Waals surface area contributed by atoms with Gasteiger partial charge in [-0.1, -0.05) is 6.92 Å². The van der Waals surface area contributed by atoms with Crippen LogP contribution in [0, 0.1) is 11.3 Å². The minimum atomic E-state index is -0.129. The monoisotopic (exact) mass is 273 g/mol. The van der Waals surface area contributed by atoms with Crippen molar-refractivity contribution in [2.45, 2.75) is 38.6 Å². The minimum Gasteiger partial charge on any atom is -0.369 e. The molecule has 20 heavy (non-hydrogen) atoms. The molecular weight excluding hydrogens is 254 g/mol. The molecule has 0 bridgehead atoms. The van der Waals surface area contributed by atoms with Crippen molar-refractivity contribution in [3.05, 3.63) is 18.1 Å². The third kappa shape index (κ3) is 3.67. The number of anilines is 1. The van der Waals surface area contributed by atoms with Gasteiger partial charge in [-0.3, -0.25) is 9.78 Å². The molecule has 1 amide bonds. The molecule has 1 aromatic rings. The Balaban J connectivity index is 2.08. The first kappa shape index (κ1) is 14.3. The van der Waals surface area contributed by atoms with Gasteiger partial charge in [0.1, 0.15) is 11.5 Å². The molecule has 6 heteroatoms. The summed E-state index contributed by atoms with van der Waals surface area (Å²) in [6, 6.07) is 2.35. The normalized spacial score (nSPS) is 13.6. The van der Waals surface area contributed by atoms with Gasteiger partial charge in [0.15, 0.2) is 0 Å². The number of nitrogens with zero attached hydrogens (tertiary/aromatic N) is 4. The lowest BCUT2D eigenvalue weighted by Gasteiger charge is -2.20. The van der Waals surface area contributed by atoms with Crippen molar-refractivity contribution in [1.29, 1.82) is 5.26 Å². The summed E-state index contributed by atoms with van der Waals surface area (Å²) in [7, 11) is 0. The molecule has 1 heterocycles. The molecule has 0 atom stereocenters. The molecule has 1 aromatic heterocycles. The van der Waals surface area contributed by atoms with Gasteiger partial charge in [0.05, 0.1) is 24.9 Å². The highest BCUT2D eigenvalue weighted by Crippen LogP contribution is 2.28. The third-order valence-corrected chi connectivity index (χ3v) is 3.12. The van der Waals surface area contributed by atoms with Crippen molar-refractivity contribution in [1.82, 2.24) is 14.9 Å². The van der Waals surface area contributed by atoms with Crippen LogP contribution in [0.1, 0.15) is 43.1 Å². The maximum absolute atomic E-state index is 12.4. The average molecular weight is 273 g/mol. The molecule has 1 saturated carbocycles. The van der Waals surface area contributed by atoms with Crippen molar-refractivity contribution >= 4 is 11.7 Å². The lowest BCUT2D eigenvalue weighted by atomic mass is 10.3. The van der Waals surface area contributed by atoms with Gasteiger partial charge < -0.3 is 10.2 Å². The van der Waals surface area contributed by atoms with Gasteiger partial charge in [-0.05, 0) is 19.3 Å². The molecule has 1 fully saturated rings. The van der Waals surface area contributed by atoms with Crippen LogP contribution in [0.25, 0.3) is 0 Å². The van der Waals surface area contributed by atoms with Crippen LogP contribution in [-0.4, -0.2) is 39.9 Å². The van der Waals surface area contributed by atoms with Crippen LogP contribution in [0.2, 0.25) is 0 Å². The SMILES string of the molecule is CCCNc1cncc(C(=O)N(CCC#N)C2CC2)n1. The Bertz CT molecular complexity index is 507. The number of hydrogen-bond donors (Lipinski definition) is 1. The fourth-order valence-electron chi connectivity index (χ4n) is 1.96. The zero-order valence-electron chi connectivity index (χ0n) is 11.7. The molecule has 0 spiro atoms. The second-order valence-electron chi connectivity index (χ2n) is 4.85. The highest BCUT2D eigenvalue weighted by Gasteiger charge is 2.33. The Hall–Kier alpha value is -2.16. The predicted octanol–water partition coefficient (Wildman–Crippen LogP) is 1.82. The highest BCUT2D eigenvalue weighted by atomic mass is 16.2. The van der Waals surface area contributed by atoms with E-state index >= 15 is 0 Å². The Kier molecular flexibility index (Phi) is 4.88. The number of rotatable bonds is 7. The van der Waals surface area contributed by atoms with Gasteiger partial charge in [0.25, 0.3) is 5.91 Å². The van der Waals surface area contributed by atoms with E-state index < -0.39 is 0 Å². The summed E-state index contributed by atoms with van der Waals surface area (Å²) in [6.45, 7) is 3.33. The van der Waals surface area contributed by atoms with Gasteiger partial charge in [-0.2, -0.15) is 5.26 Å². The van der Waals surface area contributed by atoms with Crippen molar-refractivity contribution in [2.75, 3.05) is 18.4 Å². The maximum Gasteiger partial charge on any atom is 0.274 e. The number of aromatic nitrogens is 2. The molecule has 1 aliphatic rings. The van der Waals surface area contributed by atoms with Crippen molar-refractivity contribution in [2.24, 2.45) is 0 Å². The standard InChI is InChI=1S/C14H19N5O/c1-2-7-17-13-10-16-9-12(18-13)14(20)19(8-3-6-15)11-4-5-11/h9-11H,2-5,7-8H2,1H3,(H,17,18). The summed E-state index contributed by atoms with van der Waals surface area (Å²) in [5.41, 5.74) is 0.343. The lowest BCUT2D eigenvalue weighted by molar-refractivity contribution is 0.0740. The fourth-order valence-corrected chi connectivity index (χ4v) is 1.96. The summed E-state index contributed by atoms with van der Waals surface area (Å²) in [5.74, 6) is 0.490. The van der Waals surface area contributed by atoms with Crippen LogP contribution in [0.15, 0.2) is 12.4 Å². The van der Waals surface area contributed by atoms with E-state index in [1.165, 1.54) is 6.20 Å². The first-order valence-corrected chi connectivity index (χ1v) is 7.00. The van der Waals surface area contributed by atoms with Crippen LogP contribution in [-0.2, 0) is 0 Å². The Morgan fingerprint density at radius 1 is 1.55 bits per heavy atom. The Morgan fingerprint density at radius 3 is 3.00 bits per heavy atom. The van der Waals surface area contributed by atoms with Gasteiger partial charge in [0.2, 0.25) is 0 Å². The molecular formula is C14H19N5O. The molecule has 6 nitrogen and oxygen atoms in total. The van der Waals surface area contributed by atoms with E-state index in [9.17, 15) is 4.79 Å². The highest BCUT2D eigenvalue weighted by molar-refractivity contribution is 5.92. The van der Waals surface area contributed by atoms with E-state index in [0.29, 0.717) is 24.5 Å². The molecule has 106 valence electrons. The quantitative estimate of drug-likeness (QED) is 0.819. The van der Waals surface area contributed by atoms with Crippen molar-refractivity contribution in [3.8, 4) is 6.07 Å². The first-order chi connectivity index (χ1) is 9.76. The number of hydrogen-bond acceptors (Lipinski definition) is 5. The predicted molar refractivity (Wildman–Crippen MR) is 75.1 cm³/mol. The molecule has 0 radical (unpaired) electrons. The third-order valence-electron chi connectivity index (χ3n) is 3.12. The molecule has 2 rings (SSSR count). The molecule has 0 saturated heterocycles. The molecule has 0 aliphatic heterocycles. The van der Waals surface area contributed by atoms with Gasteiger partial charge in [0, 0.05) is 19.1 Å². The van der Waals surface area contributed by atoms with E-state index in [1.807, 2.05) is 0 Å². The van der Waals surface area contributed by atoms with Gasteiger partial charge >= 0.3 is 0 Å². The van der Waals surface area contributed by atoms with Crippen molar-refractivity contribution in [3.63, 3.8) is 0 Å². The van der Waals surface area contributed by atoms with Gasteiger partial charge in [-0.25, -0.2) is 4.98 Å². The van der Waals surface area contributed by atoms with E-state index in [2.05, 4.69) is 28.3 Å². The molecule has 0 aromatic carbocycles. The van der Waals surface area contributed by atoms with E-state index in [-0.39, 0.29) is 11.9 Å². The Morgan fingerprint density at radius 2 is 2.35 bits per heavy atom. The van der Waals surface area contributed by atoms with Crippen molar-refractivity contribution < 1.29 is 4.79 Å². The van der Waals surface area contributed by atoms with Gasteiger partial charge in [-0.15, -0.1) is 0 Å². The van der Waals surface area contributed by atoms with E-state index in [0.717, 1.165) is 25.8 Å². The molecule has 1 N–H and O–H groups in total. The summed E-state index contributed by atoms with van der Waals surface area (Å²) in [5, 5.41) is 11.8. The van der Waals surface area contributed by atoms with Crippen LogP contribution >= 0.6 is 0 Å². The van der Waals surface area contributed by atoms with Crippen LogP contribution in [0.4, 0.5) is 5.82 Å². The second kappa shape index (κ2) is 6.85. The Labute approximate surface area is 118 Å². The topological polar surface area (TPSA) is 81.9 Å². The zero-order valence-corrected chi connectivity index (χ0v) is 11.7. The summed E-state index contributed by atoms with van der Waals surface area (Å²) < 4.78 is 0. The summed E-state index contributed by atoms with van der Waals surface area (Å²) in [4.78, 5) is 22.6. The number of amides is 1. The average Bonchev–Trinajstić information content (AvgIpc) is 3.30. The number of carbonyl (C=O) groups excluding carboxylic acids is 1. The van der Waals surface area contributed by atoms with E-state index in [1.54, 1.807) is 11.1 Å². The lowest BCUT2D eigenvalue weighted by Crippen LogP contribution is -2.34. The maximum atomic E-state index is 12.4. The summed E-state index contributed by atoms with van der Waals surface area (Å²) >= 11 is 0. The molecule has 0 unspecified atom stereocenters. The van der Waals surface area contributed by atoms with Crippen LogP contribution in [0.5, 0.6) is 0 Å². The summed E-state index contributed by atoms with van der Waals surface area (Å²) in [6.07, 6.45) is 6.46. The van der Waals surface area contributed by atoms with Crippen LogP contribution in [0.3, 0.4) is 0 Å². The largest absolute Gasteiger partial charge is 0.369 e. The number of nitrogens with one attached hydrogen (secondary N) is 1. The van der Waals surface area contributed by atoms with Crippen LogP contribution < -0.4 is 5.32 Å².